The van der Waals surface area contributed by atoms with Gasteiger partial charge in [-0.2, -0.15) is 0 Å². The molecule has 0 saturated heterocycles. The second kappa shape index (κ2) is 11.9. The summed E-state index contributed by atoms with van der Waals surface area (Å²) in [6.07, 6.45) is 5.59. The minimum absolute atomic E-state index is 0.0662. The molecular weight excluding hydrogens is 382 g/mol. The average molecular weight is 422 g/mol. The Morgan fingerprint density at radius 2 is 1.58 bits per heavy atom. The van der Waals surface area contributed by atoms with Crippen LogP contribution >= 0.6 is 0 Å². The fraction of sp³-hybridized carbons (Fsp3) is 0.464. The summed E-state index contributed by atoms with van der Waals surface area (Å²) in [7, 11) is 0. The number of ether oxygens (including phenoxy) is 1. The highest BCUT2D eigenvalue weighted by Crippen LogP contribution is 2.30. The molecule has 0 amide bonds. The zero-order valence-electron chi connectivity index (χ0n) is 20.0. The Morgan fingerprint density at radius 1 is 1.00 bits per heavy atom. The predicted molar refractivity (Wildman–Crippen MR) is 130 cm³/mol. The number of carbonyl (C=O) groups is 1. The van der Waals surface area contributed by atoms with Crippen molar-refractivity contribution in [1.29, 1.82) is 0 Å². The molecule has 168 valence electrons. The minimum atomic E-state index is -0.480. The number of carbonyl (C=O) groups excluding carboxylic acids is 1. The molecular formula is C28H39NO2. The Bertz CT molecular complexity index is 808. The topological polar surface area (TPSA) is 29.5 Å². The van der Waals surface area contributed by atoms with Crippen molar-refractivity contribution in [3.8, 4) is 0 Å². The second-order valence-electron chi connectivity index (χ2n) is 9.43. The first-order valence-electron chi connectivity index (χ1n) is 11.4. The fourth-order valence-electron chi connectivity index (χ4n) is 4.05. The smallest absolute Gasteiger partial charge is 0.307 e. The largest absolute Gasteiger partial charge is 0.460 e. The first-order valence-corrected chi connectivity index (χ1v) is 11.4. The Kier molecular flexibility index (Phi) is 9.51. The molecule has 0 radical (unpaired) electrons. The van der Waals surface area contributed by atoms with Crippen LogP contribution in [0.3, 0.4) is 0 Å². The number of rotatable bonds is 10. The highest BCUT2D eigenvalue weighted by Gasteiger charge is 2.29. The quantitative estimate of drug-likeness (QED) is 0.307. The monoisotopic (exact) mass is 421 g/mol. The van der Waals surface area contributed by atoms with Crippen LogP contribution in [0.25, 0.3) is 0 Å². The summed E-state index contributed by atoms with van der Waals surface area (Å²) in [5, 5.41) is 0. The molecule has 2 aromatic carbocycles. The van der Waals surface area contributed by atoms with Crippen molar-refractivity contribution in [1.82, 2.24) is 4.90 Å². The Balaban J connectivity index is 2.37. The van der Waals surface area contributed by atoms with Crippen molar-refractivity contribution >= 4 is 5.97 Å². The van der Waals surface area contributed by atoms with Crippen molar-refractivity contribution in [2.24, 2.45) is 5.92 Å². The van der Waals surface area contributed by atoms with Gasteiger partial charge in [0.15, 0.2) is 0 Å². The summed E-state index contributed by atoms with van der Waals surface area (Å²) in [4.78, 5) is 15.3. The van der Waals surface area contributed by atoms with Crippen LogP contribution in [0.2, 0.25) is 0 Å². The number of hydrogen-bond donors (Lipinski definition) is 0. The lowest BCUT2D eigenvalue weighted by Gasteiger charge is -2.38. The summed E-state index contributed by atoms with van der Waals surface area (Å²) in [6.45, 7) is 13.1. The van der Waals surface area contributed by atoms with E-state index in [4.69, 9.17) is 4.74 Å². The molecule has 0 aromatic heterocycles. The first-order chi connectivity index (χ1) is 14.7. The lowest BCUT2D eigenvalue weighted by Crippen LogP contribution is -2.40. The third kappa shape index (κ3) is 8.70. The molecule has 0 aliphatic heterocycles. The molecule has 2 rings (SSSR count). The molecule has 0 fully saturated rings. The number of allylic oxidation sites excluding steroid dienone is 2. The lowest BCUT2D eigenvalue weighted by molar-refractivity contribution is -0.156. The van der Waals surface area contributed by atoms with Crippen LogP contribution in [-0.4, -0.2) is 22.5 Å². The third-order valence-electron chi connectivity index (χ3n) is 5.44. The van der Waals surface area contributed by atoms with Gasteiger partial charge in [-0.1, -0.05) is 79.7 Å². The number of benzene rings is 2. The van der Waals surface area contributed by atoms with Crippen LogP contribution in [0.5, 0.6) is 0 Å². The van der Waals surface area contributed by atoms with Gasteiger partial charge >= 0.3 is 5.97 Å². The van der Waals surface area contributed by atoms with E-state index in [0.717, 1.165) is 13.0 Å². The molecule has 0 bridgehead atoms. The zero-order chi connectivity index (χ0) is 22.9. The van der Waals surface area contributed by atoms with Crippen molar-refractivity contribution in [3.63, 3.8) is 0 Å². The van der Waals surface area contributed by atoms with E-state index in [0.29, 0.717) is 12.3 Å². The summed E-state index contributed by atoms with van der Waals surface area (Å²) in [5.74, 6) is 0.238. The van der Waals surface area contributed by atoms with Gasteiger partial charge in [-0.3, -0.25) is 9.69 Å². The average Bonchev–Trinajstić information content (AvgIpc) is 2.71. The van der Waals surface area contributed by atoms with E-state index in [-0.39, 0.29) is 18.1 Å². The van der Waals surface area contributed by atoms with Gasteiger partial charge in [-0.25, -0.2) is 0 Å². The SMILES string of the molecule is C/C=C/[C@@H](C)C[C@H](CC(=O)OC(C)(C)C)N(Cc1ccccc1)C(C)c1ccccc1. The molecule has 31 heavy (non-hydrogen) atoms. The van der Waals surface area contributed by atoms with E-state index in [9.17, 15) is 4.79 Å². The molecule has 1 unspecified atom stereocenters. The molecule has 0 aliphatic carbocycles. The molecule has 0 N–H and O–H groups in total. The molecule has 2 aromatic rings. The minimum Gasteiger partial charge on any atom is -0.460 e. The fourth-order valence-corrected chi connectivity index (χ4v) is 4.05. The van der Waals surface area contributed by atoms with Gasteiger partial charge in [0.1, 0.15) is 5.60 Å². The van der Waals surface area contributed by atoms with Crippen LogP contribution in [0.1, 0.15) is 71.6 Å². The van der Waals surface area contributed by atoms with Gasteiger partial charge in [0.25, 0.3) is 0 Å². The van der Waals surface area contributed by atoms with Gasteiger partial charge in [-0.05, 0) is 58.1 Å². The van der Waals surface area contributed by atoms with E-state index in [1.165, 1.54) is 11.1 Å². The van der Waals surface area contributed by atoms with Crippen molar-refractivity contribution in [2.45, 2.75) is 78.6 Å². The first kappa shape index (κ1) is 24.9. The molecule has 3 heteroatoms. The summed E-state index contributed by atoms with van der Waals surface area (Å²) >= 11 is 0. The van der Waals surface area contributed by atoms with Crippen molar-refractivity contribution in [2.75, 3.05) is 0 Å². The van der Waals surface area contributed by atoms with Gasteiger partial charge in [0.05, 0.1) is 6.42 Å². The summed E-state index contributed by atoms with van der Waals surface area (Å²) in [6, 6.07) is 21.3. The normalized spacial score (nSPS) is 15.1. The van der Waals surface area contributed by atoms with Gasteiger partial charge in [-0.15, -0.1) is 0 Å². The third-order valence-corrected chi connectivity index (χ3v) is 5.44. The standard InChI is InChI=1S/C28H39NO2/c1-7-14-22(2)19-26(20-27(30)31-28(4,5)6)29(21-24-15-10-8-11-16-24)23(3)25-17-12-9-13-18-25/h7-18,22-23,26H,19-21H2,1-6H3/b14-7+/t22-,23?,26-/m1/s1. The Hall–Kier alpha value is -2.39. The van der Waals surface area contributed by atoms with E-state index < -0.39 is 5.60 Å². The second-order valence-corrected chi connectivity index (χ2v) is 9.43. The van der Waals surface area contributed by atoms with E-state index >= 15 is 0 Å². The molecule has 0 spiro atoms. The van der Waals surface area contributed by atoms with E-state index in [2.05, 4.69) is 79.4 Å². The maximum atomic E-state index is 12.9. The number of esters is 1. The summed E-state index contributed by atoms with van der Waals surface area (Å²) < 4.78 is 5.71. The van der Waals surface area contributed by atoms with Crippen molar-refractivity contribution < 1.29 is 9.53 Å². The number of nitrogens with zero attached hydrogens (tertiary/aromatic N) is 1. The maximum Gasteiger partial charge on any atom is 0.307 e. The van der Waals surface area contributed by atoms with Gasteiger partial charge in [0, 0.05) is 18.6 Å². The molecule has 3 atom stereocenters. The van der Waals surface area contributed by atoms with Gasteiger partial charge in [0.2, 0.25) is 0 Å². The molecule has 3 nitrogen and oxygen atoms in total. The highest BCUT2D eigenvalue weighted by molar-refractivity contribution is 5.70. The summed E-state index contributed by atoms with van der Waals surface area (Å²) in [5.41, 5.74) is 2.02. The molecule has 0 saturated carbocycles. The predicted octanol–water partition coefficient (Wildman–Crippen LogP) is 6.95. The number of hydrogen-bond acceptors (Lipinski definition) is 3. The Morgan fingerprint density at radius 3 is 2.13 bits per heavy atom. The molecule has 0 heterocycles. The van der Waals surface area contributed by atoms with Gasteiger partial charge < -0.3 is 4.74 Å². The van der Waals surface area contributed by atoms with Crippen molar-refractivity contribution in [3.05, 3.63) is 83.9 Å². The highest BCUT2D eigenvalue weighted by atomic mass is 16.6. The Labute approximate surface area is 189 Å². The lowest BCUT2D eigenvalue weighted by atomic mass is 9.94. The zero-order valence-corrected chi connectivity index (χ0v) is 20.0. The van der Waals surface area contributed by atoms with Crippen LogP contribution in [-0.2, 0) is 16.1 Å². The van der Waals surface area contributed by atoms with E-state index in [1.807, 2.05) is 39.8 Å². The molecule has 0 aliphatic rings. The van der Waals surface area contributed by atoms with Crippen LogP contribution in [0, 0.1) is 5.92 Å². The van der Waals surface area contributed by atoms with Crippen LogP contribution in [0.15, 0.2) is 72.8 Å². The van der Waals surface area contributed by atoms with E-state index in [1.54, 1.807) is 0 Å². The van der Waals surface area contributed by atoms with Crippen LogP contribution < -0.4 is 0 Å². The van der Waals surface area contributed by atoms with Crippen LogP contribution in [0.4, 0.5) is 0 Å². The maximum absolute atomic E-state index is 12.9.